The van der Waals surface area contributed by atoms with Crippen molar-refractivity contribution in [2.24, 2.45) is 0 Å². The average molecular weight is 639 g/mol. The Labute approximate surface area is 261 Å². The second kappa shape index (κ2) is 12.4. The highest BCUT2D eigenvalue weighted by atomic mass is 19.1. The highest BCUT2D eigenvalue weighted by Gasteiger charge is 2.56. The number of halogens is 2. The van der Waals surface area contributed by atoms with E-state index in [2.05, 4.69) is 0 Å². The van der Waals surface area contributed by atoms with E-state index in [4.69, 9.17) is 28.9 Å². The van der Waals surface area contributed by atoms with Crippen molar-refractivity contribution >= 4 is 17.1 Å². The Morgan fingerprint density at radius 3 is 2.13 bits per heavy atom. The van der Waals surface area contributed by atoms with E-state index in [0.717, 1.165) is 9.13 Å². The normalized spacial score (nSPS) is 21.9. The molecular weight excluding hydrogens is 606 g/mol. The van der Waals surface area contributed by atoms with Crippen LogP contribution >= 0.6 is 0 Å². The number of carbonyl (C=O) groups excluding carboxylic acids is 1. The van der Waals surface area contributed by atoms with Gasteiger partial charge in [-0.2, -0.15) is 0 Å². The van der Waals surface area contributed by atoms with Crippen LogP contribution in [0.1, 0.15) is 39.8 Å². The molecular formula is C32H32F2N4O8. The number of hydrogen-bond acceptors (Lipinski definition) is 10. The predicted octanol–water partition coefficient (Wildman–Crippen LogP) is 3.32. The molecule has 12 nitrogen and oxygen atoms in total. The molecule has 4 aromatic rings. The second-order valence-electron chi connectivity index (χ2n) is 11.4. The van der Waals surface area contributed by atoms with Crippen LogP contribution in [0.2, 0.25) is 0 Å². The third kappa shape index (κ3) is 5.84. The molecule has 2 aliphatic rings. The molecule has 0 bridgehead atoms. The molecule has 2 aromatic carbocycles. The minimum Gasteiger partial charge on any atom is -0.466 e. The van der Waals surface area contributed by atoms with E-state index in [1.165, 1.54) is 48.5 Å². The fraction of sp³-hybridized carbons (Fsp3) is 0.406. The van der Waals surface area contributed by atoms with E-state index < -0.39 is 65.8 Å². The largest absolute Gasteiger partial charge is 0.466 e. The number of aliphatic hydroxyl groups excluding tert-OH is 1. The van der Waals surface area contributed by atoms with Crippen LogP contribution in [0.15, 0.2) is 58.1 Å². The zero-order valence-corrected chi connectivity index (χ0v) is 25.3. The van der Waals surface area contributed by atoms with E-state index in [1.54, 1.807) is 20.8 Å². The summed E-state index contributed by atoms with van der Waals surface area (Å²) < 4.78 is 53.1. The molecule has 0 unspecified atom stereocenters. The maximum absolute atomic E-state index is 14.2. The number of aliphatic hydroxyl groups is 1. The van der Waals surface area contributed by atoms with E-state index in [-0.39, 0.29) is 48.5 Å². The standard InChI is InChI=1S/C32H32F2N4O8/c1-4-43-22(40)6-5-15-37-29(41)25-28(38(31(37)42)30-27-26(21(16-39)44-30)45-32(2,3)46-27)36-24(18-9-13-20(34)14-10-18)23(35-25)17-7-11-19(33)12-8-17/h7-14,21,26-27,30,39H,4-6,15-16H2,1-3H3/t21-,26-,27-,30-/m1/s1. The number of ether oxygens (including phenoxy) is 4. The lowest BCUT2D eigenvalue weighted by atomic mass is 10.0. The summed E-state index contributed by atoms with van der Waals surface area (Å²) in [5.74, 6) is -2.54. The van der Waals surface area contributed by atoms with Crippen LogP contribution in [0.3, 0.4) is 0 Å². The van der Waals surface area contributed by atoms with Crippen molar-refractivity contribution in [2.45, 2.75) is 70.5 Å². The van der Waals surface area contributed by atoms with Gasteiger partial charge in [-0.1, -0.05) is 0 Å². The van der Waals surface area contributed by atoms with Gasteiger partial charge in [0.2, 0.25) is 0 Å². The Balaban J connectivity index is 1.61. The Morgan fingerprint density at radius 2 is 1.54 bits per heavy atom. The van der Waals surface area contributed by atoms with Crippen LogP contribution < -0.4 is 11.2 Å². The first kappa shape index (κ1) is 31.6. The molecule has 0 amide bonds. The number of carbonyl (C=O) groups is 1. The number of aromatic nitrogens is 4. The van der Waals surface area contributed by atoms with Gasteiger partial charge in [0.1, 0.15) is 29.9 Å². The summed E-state index contributed by atoms with van der Waals surface area (Å²) in [5, 5.41) is 10.1. The Morgan fingerprint density at radius 1 is 0.957 bits per heavy atom. The molecule has 0 saturated carbocycles. The van der Waals surface area contributed by atoms with Gasteiger partial charge < -0.3 is 24.1 Å². The van der Waals surface area contributed by atoms with E-state index in [1.807, 2.05) is 0 Å². The van der Waals surface area contributed by atoms with Crippen molar-refractivity contribution in [1.82, 2.24) is 19.1 Å². The fourth-order valence-corrected chi connectivity index (χ4v) is 5.85. The van der Waals surface area contributed by atoms with Crippen molar-refractivity contribution in [3.63, 3.8) is 0 Å². The number of esters is 1. The molecule has 6 rings (SSSR count). The second-order valence-corrected chi connectivity index (χ2v) is 11.4. The lowest BCUT2D eigenvalue weighted by molar-refractivity contribution is -0.200. The van der Waals surface area contributed by atoms with Gasteiger partial charge >= 0.3 is 11.7 Å². The maximum Gasteiger partial charge on any atom is 0.334 e. The van der Waals surface area contributed by atoms with Gasteiger partial charge in [-0.3, -0.25) is 14.2 Å². The molecule has 0 radical (unpaired) electrons. The van der Waals surface area contributed by atoms with Crippen molar-refractivity contribution < 1.29 is 37.6 Å². The van der Waals surface area contributed by atoms with Crippen molar-refractivity contribution in [3.05, 3.63) is 81.0 Å². The van der Waals surface area contributed by atoms with Crippen LogP contribution in [-0.2, 0) is 30.3 Å². The van der Waals surface area contributed by atoms with E-state index >= 15 is 0 Å². The van der Waals surface area contributed by atoms with Gasteiger partial charge in [-0.15, -0.1) is 0 Å². The molecule has 14 heteroatoms. The first-order chi connectivity index (χ1) is 22.0. The first-order valence-corrected chi connectivity index (χ1v) is 14.9. The van der Waals surface area contributed by atoms with Crippen molar-refractivity contribution in [1.29, 1.82) is 0 Å². The van der Waals surface area contributed by atoms with Crippen LogP contribution in [0.4, 0.5) is 8.78 Å². The lowest BCUT2D eigenvalue weighted by Gasteiger charge is -2.25. The summed E-state index contributed by atoms with van der Waals surface area (Å²) in [4.78, 5) is 49.7. The molecule has 4 atom stereocenters. The molecule has 0 spiro atoms. The Hall–Kier alpha value is -4.37. The molecule has 2 aromatic heterocycles. The average Bonchev–Trinajstić information content (AvgIpc) is 3.52. The van der Waals surface area contributed by atoms with Crippen molar-refractivity contribution in [3.8, 4) is 22.5 Å². The molecule has 2 saturated heterocycles. The SMILES string of the molecule is CCOC(=O)CCCn1c(=O)c2nc(-c3ccc(F)cc3)c(-c3ccc(F)cc3)nc2n([C@@H]2O[C@H](CO)[C@H]3OC(C)(C)O[C@H]32)c1=O. The molecule has 242 valence electrons. The molecule has 2 aliphatic heterocycles. The summed E-state index contributed by atoms with van der Waals surface area (Å²) in [6.07, 6.45) is -3.65. The van der Waals surface area contributed by atoms with Gasteiger partial charge in [0.15, 0.2) is 23.2 Å². The smallest absolute Gasteiger partial charge is 0.334 e. The van der Waals surface area contributed by atoms with Gasteiger partial charge in [0, 0.05) is 24.1 Å². The fourth-order valence-electron chi connectivity index (χ4n) is 5.85. The quantitative estimate of drug-likeness (QED) is 0.271. The van der Waals surface area contributed by atoms with E-state index in [0.29, 0.717) is 11.1 Å². The van der Waals surface area contributed by atoms with Crippen LogP contribution in [0.25, 0.3) is 33.7 Å². The molecule has 4 heterocycles. The van der Waals surface area contributed by atoms with Crippen molar-refractivity contribution in [2.75, 3.05) is 13.2 Å². The van der Waals surface area contributed by atoms with E-state index in [9.17, 15) is 28.3 Å². The summed E-state index contributed by atoms with van der Waals surface area (Å²) in [6.45, 7) is 4.64. The number of nitrogens with zero attached hydrogens (tertiary/aromatic N) is 4. The zero-order chi connectivity index (χ0) is 32.7. The van der Waals surface area contributed by atoms with Crippen LogP contribution in [0.5, 0.6) is 0 Å². The molecule has 0 aliphatic carbocycles. The molecule has 1 N–H and O–H groups in total. The minimum absolute atomic E-state index is 0.0455. The number of fused-ring (bicyclic) bond motifs is 2. The van der Waals surface area contributed by atoms with Gasteiger partial charge in [-0.05, 0) is 75.7 Å². The number of benzene rings is 2. The van der Waals surface area contributed by atoms with Gasteiger partial charge in [0.05, 0.1) is 24.6 Å². The molecule has 46 heavy (non-hydrogen) atoms. The summed E-state index contributed by atoms with van der Waals surface area (Å²) in [6, 6.07) is 10.8. The summed E-state index contributed by atoms with van der Waals surface area (Å²) in [5.41, 5.74) is -0.780. The maximum atomic E-state index is 14.2. The Bertz CT molecular complexity index is 1890. The van der Waals surface area contributed by atoms with Gasteiger partial charge in [0.25, 0.3) is 5.56 Å². The highest BCUT2D eigenvalue weighted by Crippen LogP contribution is 2.43. The number of hydrogen-bond donors (Lipinski definition) is 1. The third-order valence-corrected chi connectivity index (χ3v) is 7.85. The zero-order valence-electron chi connectivity index (χ0n) is 25.3. The topological polar surface area (TPSA) is 144 Å². The first-order valence-electron chi connectivity index (χ1n) is 14.9. The minimum atomic E-state index is -1.21. The van der Waals surface area contributed by atoms with Crippen LogP contribution in [-0.4, -0.2) is 67.5 Å². The number of rotatable bonds is 9. The monoisotopic (exact) mass is 638 g/mol. The molecule has 2 fully saturated rings. The van der Waals surface area contributed by atoms with Crippen LogP contribution in [0, 0.1) is 11.6 Å². The predicted molar refractivity (Wildman–Crippen MR) is 160 cm³/mol. The summed E-state index contributed by atoms with van der Waals surface area (Å²) in [7, 11) is 0. The van der Waals surface area contributed by atoms with Gasteiger partial charge in [-0.25, -0.2) is 28.1 Å². The lowest BCUT2D eigenvalue weighted by Crippen LogP contribution is -2.44. The highest BCUT2D eigenvalue weighted by molar-refractivity contribution is 5.84. The Kier molecular flexibility index (Phi) is 8.55. The third-order valence-electron chi connectivity index (χ3n) is 7.85. The summed E-state index contributed by atoms with van der Waals surface area (Å²) >= 11 is 0.